The minimum Gasteiger partial charge on any atom is -0.468 e. The lowest BCUT2D eigenvalue weighted by atomic mass is 9.78. The molecule has 1 rings (SSSR count). The first kappa shape index (κ1) is 12.5. The molecule has 3 heteroatoms. The van der Waals surface area contributed by atoms with Crippen molar-refractivity contribution < 1.29 is 9.53 Å². The maximum absolute atomic E-state index is 11.3. The van der Waals surface area contributed by atoms with E-state index in [4.69, 9.17) is 4.74 Å². The van der Waals surface area contributed by atoms with Gasteiger partial charge >= 0.3 is 5.97 Å². The van der Waals surface area contributed by atoms with Gasteiger partial charge in [0.05, 0.1) is 7.11 Å². The van der Waals surface area contributed by atoms with Gasteiger partial charge in [0.2, 0.25) is 0 Å². The SMILES string of the molecule is COC(=O)C(C)NC1C(C)CCCC1C. The van der Waals surface area contributed by atoms with Crippen molar-refractivity contribution in [2.24, 2.45) is 11.8 Å². The van der Waals surface area contributed by atoms with Gasteiger partial charge in [-0.2, -0.15) is 0 Å². The van der Waals surface area contributed by atoms with Crippen molar-refractivity contribution >= 4 is 5.97 Å². The second-order valence-corrected chi connectivity index (χ2v) is 4.82. The summed E-state index contributed by atoms with van der Waals surface area (Å²) in [5, 5.41) is 3.39. The van der Waals surface area contributed by atoms with E-state index >= 15 is 0 Å². The second-order valence-electron chi connectivity index (χ2n) is 4.82. The molecule has 1 saturated carbocycles. The monoisotopic (exact) mass is 213 g/mol. The van der Waals surface area contributed by atoms with Crippen molar-refractivity contribution in [2.75, 3.05) is 7.11 Å². The molecule has 3 unspecified atom stereocenters. The number of methoxy groups -OCH3 is 1. The van der Waals surface area contributed by atoms with Crippen LogP contribution in [0, 0.1) is 11.8 Å². The molecule has 1 aliphatic rings. The third-order valence-electron chi connectivity index (χ3n) is 3.54. The Hall–Kier alpha value is -0.570. The van der Waals surface area contributed by atoms with E-state index in [1.54, 1.807) is 0 Å². The molecule has 1 aliphatic carbocycles. The number of esters is 1. The Labute approximate surface area is 92.6 Å². The van der Waals surface area contributed by atoms with E-state index < -0.39 is 0 Å². The second kappa shape index (κ2) is 5.50. The van der Waals surface area contributed by atoms with Crippen LogP contribution in [0.2, 0.25) is 0 Å². The molecule has 0 spiro atoms. The van der Waals surface area contributed by atoms with Crippen molar-refractivity contribution in [1.29, 1.82) is 0 Å². The zero-order valence-corrected chi connectivity index (χ0v) is 10.2. The van der Waals surface area contributed by atoms with Crippen molar-refractivity contribution in [3.63, 3.8) is 0 Å². The summed E-state index contributed by atoms with van der Waals surface area (Å²) in [6.07, 6.45) is 3.83. The van der Waals surface area contributed by atoms with Gasteiger partial charge in [0.15, 0.2) is 0 Å². The van der Waals surface area contributed by atoms with E-state index in [2.05, 4.69) is 19.2 Å². The van der Waals surface area contributed by atoms with Crippen molar-refractivity contribution in [1.82, 2.24) is 5.32 Å². The van der Waals surface area contributed by atoms with Gasteiger partial charge in [-0.25, -0.2) is 0 Å². The van der Waals surface area contributed by atoms with Gasteiger partial charge < -0.3 is 10.1 Å². The number of hydrogen-bond acceptors (Lipinski definition) is 3. The number of carbonyl (C=O) groups is 1. The predicted octanol–water partition coefficient (Wildman–Crippen LogP) is 1.96. The quantitative estimate of drug-likeness (QED) is 0.728. The summed E-state index contributed by atoms with van der Waals surface area (Å²) in [5.41, 5.74) is 0. The average Bonchev–Trinajstić information content (AvgIpc) is 2.22. The third kappa shape index (κ3) is 3.20. The van der Waals surface area contributed by atoms with Crippen LogP contribution in [0.25, 0.3) is 0 Å². The highest BCUT2D eigenvalue weighted by Gasteiger charge is 2.30. The van der Waals surface area contributed by atoms with E-state index in [1.165, 1.54) is 26.4 Å². The van der Waals surface area contributed by atoms with Crippen LogP contribution in [-0.4, -0.2) is 25.2 Å². The van der Waals surface area contributed by atoms with Crippen LogP contribution in [0.5, 0.6) is 0 Å². The molecule has 1 N–H and O–H groups in total. The molecule has 1 fully saturated rings. The molecule has 88 valence electrons. The summed E-state index contributed by atoms with van der Waals surface area (Å²) in [4.78, 5) is 11.3. The third-order valence-corrected chi connectivity index (χ3v) is 3.54. The summed E-state index contributed by atoms with van der Waals surface area (Å²) in [7, 11) is 1.44. The number of nitrogens with one attached hydrogen (secondary N) is 1. The minimum absolute atomic E-state index is 0.167. The summed E-state index contributed by atoms with van der Waals surface area (Å²) < 4.78 is 4.72. The number of rotatable bonds is 3. The highest BCUT2D eigenvalue weighted by Crippen LogP contribution is 2.29. The van der Waals surface area contributed by atoms with E-state index in [9.17, 15) is 4.79 Å². The summed E-state index contributed by atoms with van der Waals surface area (Å²) in [5.74, 6) is 1.14. The van der Waals surface area contributed by atoms with Crippen LogP contribution in [0.1, 0.15) is 40.0 Å². The van der Waals surface area contributed by atoms with E-state index in [0.29, 0.717) is 17.9 Å². The van der Waals surface area contributed by atoms with E-state index in [1.807, 2.05) is 6.92 Å². The Kier molecular flexibility index (Phi) is 4.58. The molecule has 0 heterocycles. The first-order valence-electron chi connectivity index (χ1n) is 5.90. The van der Waals surface area contributed by atoms with Crippen LogP contribution >= 0.6 is 0 Å². The molecule has 0 aromatic carbocycles. The first-order valence-corrected chi connectivity index (χ1v) is 5.90. The molecule has 3 atom stereocenters. The molecule has 0 amide bonds. The normalized spacial score (nSPS) is 33.5. The smallest absolute Gasteiger partial charge is 0.322 e. The van der Waals surface area contributed by atoms with Gasteiger partial charge in [-0.3, -0.25) is 4.79 Å². The fraction of sp³-hybridized carbons (Fsp3) is 0.917. The highest BCUT2D eigenvalue weighted by molar-refractivity contribution is 5.75. The molecular formula is C12H23NO2. The molecule has 0 aromatic rings. The lowest BCUT2D eigenvalue weighted by molar-refractivity contribution is -0.143. The van der Waals surface area contributed by atoms with Gasteiger partial charge in [0.1, 0.15) is 6.04 Å². The largest absolute Gasteiger partial charge is 0.468 e. The molecule has 15 heavy (non-hydrogen) atoms. The lowest BCUT2D eigenvalue weighted by Crippen LogP contribution is -2.49. The van der Waals surface area contributed by atoms with Crippen molar-refractivity contribution in [3.8, 4) is 0 Å². The molecule has 0 aliphatic heterocycles. The Morgan fingerprint density at radius 1 is 1.33 bits per heavy atom. The molecule has 0 aromatic heterocycles. The molecule has 0 bridgehead atoms. The Morgan fingerprint density at radius 2 is 1.87 bits per heavy atom. The number of carbonyl (C=O) groups excluding carboxylic acids is 1. The fourth-order valence-corrected chi connectivity index (χ4v) is 2.54. The van der Waals surface area contributed by atoms with Gasteiger partial charge in [0.25, 0.3) is 0 Å². The van der Waals surface area contributed by atoms with Crippen molar-refractivity contribution in [2.45, 2.75) is 52.1 Å². The zero-order valence-electron chi connectivity index (χ0n) is 10.2. The zero-order chi connectivity index (χ0) is 11.4. The van der Waals surface area contributed by atoms with Crippen LogP contribution in [0.3, 0.4) is 0 Å². The summed E-state index contributed by atoms with van der Waals surface area (Å²) in [6.45, 7) is 6.40. The van der Waals surface area contributed by atoms with Gasteiger partial charge in [-0.05, 0) is 31.6 Å². The van der Waals surface area contributed by atoms with E-state index in [-0.39, 0.29) is 12.0 Å². The summed E-state index contributed by atoms with van der Waals surface area (Å²) in [6, 6.07) is 0.260. The fourth-order valence-electron chi connectivity index (χ4n) is 2.54. The molecule has 3 nitrogen and oxygen atoms in total. The number of ether oxygens (including phenoxy) is 1. The van der Waals surface area contributed by atoms with Crippen LogP contribution in [-0.2, 0) is 9.53 Å². The Bertz CT molecular complexity index is 208. The van der Waals surface area contributed by atoms with Crippen LogP contribution < -0.4 is 5.32 Å². The van der Waals surface area contributed by atoms with Gasteiger partial charge in [-0.1, -0.05) is 20.3 Å². The van der Waals surface area contributed by atoms with Crippen molar-refractivity contribution in [3.05, 3.63) is 0 Å². The molecule has 0 radical (unpaired) electrons. The first-order chi connectivity index (χ1) is 7.06. The minimum atomic E-state index is -0.192. The Balaban J connectivity index is 2.50. The van der Waals surface area contributed by atoms with Crippen LogP contribution in [0.15, 0.2) is 0 Å². The lowest BCUT2D eigenvalue weighted by Gasteiger charge is -2.36. The number of hydrogen-bond donors (Lipinski definition) is 1. The molecule has 0 saturated heterocycles. The maximum Gasteiger partial charge on any atom is 0.322 e. The molecular weight excluding hydrogens is 190 g/mol. The van der Waals surface area contributed by atoms with Crippen LogP contribution in [0.4, 0.5) is 0 Å². The van der Waals surface area contributed by atoms with Gasteiger partial charge in [0, 0.05) is 6.04 Å². The van der Waals surface area contributed by atoms with Gasteiger partial charge in [-0.15, -0.1) is 0 Å². The predicted molar refractivity (Wildman–Crippen MR) is 60.6 cm³/mol. The van der Waals surface area contributed by atoms with E-state index in [0.717, 1.165) is 0 Å². The summed E-state index contributed by atoms with van der Waals surface area (Å²) >= 11 is 0. The Morgan fingerprint density at radius 3 is 2.33 bits per heavy atom. The highest BCUT2D eigenvalue weighted by atomic mass is 16.5. The maximum atomic E-state index is 11.3. The standard InChI is InChI=1S/C12H23NO2/c1-8-6-5-7-9(2)11(8)13-10(3)12(14)15-4/h8-11,13H,5-7H2,1-4H3. The average molecular weight is 213 g/mol. The topological polar surface area (TPSA) is 38.3 Å².